The highest BCUT2D eigenvalue weighted by atomic mass is 127. The first-order chi connectivity index (χ1) is 10.6. The maximum atomic E-state index is 12.6. The van der Waals surface area contributed by atoms with Crippen molar-refractivity contribution in [2.45, 2.75) is 23.8 Å². The van der Waals surface area contributed by atoms with Crippen molar-refractivity contribution in [2.75, 3.05) is 4.90 Å². The van der Waals surface area contributed by atoms with E-state index in [0.717, 1.165) is 9.26 Å². The number of anilines is 1. The molecular formula is C15H12IN3O2S. The highest BCUT2D eigenvalue weighted by Gasteiger charge is 2.41. The molecule has 1 atom stereocenters. The molecule has 0 spiro atoms. The Bertz CT molecular complexity index is 753. The van der Waals surface area contributed by atoms with Crippen LogP contribution in [0.15, 0.2) is 41.7 Å². The van der Waals surface area contributed by atoms with Crippen molar-refractivity contribution in [3.63, 3.8) is 0 Å². The minimum absolute atomic E-state index is 0.172. The Labute approximate surface area is 145 Å². The molecule has 2 amide bonds. The third-order valence-electron chi connectivity index (χ3n) is 3.22. The van der Waals surface area contributed by atoms with Crippen LogP contribution in [0.5, 0.6) is 0 Å². The van der Waals surface area contributed by atoms with Crippen LogP contribution in [0.25, 0.3) is 0 Å². The molecule has 0 unspecified atom stereocenters. The lowest BCUT2D eigenvalue weighted by atomic mass is 10.3. The maximum Gasteiger partial charge on any atom is 0.247 e. The number of carbonyl (C=O) groups is 2. The average Bonchev–Trinajstić information content (AvgIpc) is 2.74. The molecule has 1 saturated heterocycles. The first-order valence-corrected chi connectivity index (χ1v) is 8.60. The third-order valence-corrected chi connectivity index (χ3v) is 5.19. The summed E-state index contributed by atoms with van der Waals surface area (Å²) in [6, 6.07) is 9.16. The Morgan fingerprint density at radius 1 is 1.27 bits per heavy atom. The van der Waals surface area contributed by atoms with Gasteiger partial charge in [0.05, 0.1) is 5.69 Å². The standard InChI is InChI=1S/C15H12IN3O2S/c1-9-6-7-17-15(18-9)22-12-8-13(20)19(14(12)21)11-5-3-2-4-10(11)16/h2-7,12H,8H2,1H3/t12-/m1/s1. The van der Waals surface area contributed by atoms with Gasteiger partial charge in [0.25, 0.3) is 0 Å². The summed E-state index contributed by atoms with van der Waals surface area (Å²) in [6.45, 7) is 1.87. The topological polar surface area (TPSA) is 63.2 Å². The summed E-state index contributed by atoms with van der Waals surface area (Å²) >= 11 is 3.37. The van der Waals surface area contributed by atoms with Crippen LogP contribution in [0.3, 0.4) is 0 Å². The van der Waals surface area contributed by atoms with Gasteiger partial charge in [0.1, 0.15) is 5.25 Å². The highest BCUT2D eigenvalue weighted by Crippen LogP contribution is 2.34. The van der Waals surface area contributed by atoms with Gasteiger partial charge in [-0.1, -0.05) is 23.9 Å². The van der Waals surface area contributed by atoms with Gasteiger partial charge in [0.2, 0.25) is 11.8 Å². The number of thioether (sulfide) groups is 1. The van der Waals surface area contributed by atoms with E-state index in [-0.39, 0.29) is 18.2 Å². The number of rotatable bonds is 3. The zero-order valence-corrected chi connectivity index (χ0v) is 14.7. The highest BCUT2D eigenvalue weighted by molar-refractivity contribution is 14.1. The van der Waals surface area contributed by atoms with E-state index < -0.39 is 5.25 Å². The smallest absolute Gasteiger partial charge is 0.247 e. The van der Waals surface area contributed by atoms with E-state index >= 15 is 0 Å². The molecule has 0 saturated carbocycles. The zero-order valence-electron chi connectivity index (χ0n) is 11.7. The maximum absolute atomic E-state index is 12.6. The second-order valence-electron chi connectivity index (χ2n) is 4.81. The third kappa shape index (κ3) is 3.00. The van der Waals surface area contributed by atoms with E-state index in [1.165, 1.54) is 16.7 Å². The number of benzene rings is 1. The number of amides is 2. The van der Waals surface area contributed by atoms with Crippen molar-refractivity contribution in [3.05, 3.63) is 45.8 Å². The minimum Gasteiger partial charge on any atom is -0.274 e. The van der Waals surface area contributed by atoms with Gasteiger partial charge in [-0.2, -0.15) is 0 Å². The number of aromatic nitrogens is 2. The van der Waals surface area contributed by atoms with E-state index in [4.69, 9.17) is 0 Å². The summed E-state index contributed by atoms with van der Waals surface area (Å²) < 4.78 is 0.874. The molecule has 3 rings (SSSR count). The second-order valence-corrected chi connectivity index (χ2v) is 7.14. The second kappa shape index (κ2) is 6.33. The molecule has 0 N–H and O–H groups in total. The van der Waals surface area contributed by atoms with Crippen LogP contribution in [0.4, 0.5) is 5.69 Å². The summed E-state index contributed by atoms with van der Waals surface area (Å²) in [7, 11) is 0. The van der Waals surface area contributed by atoms with Gasteiger partial charge in [0.15, 0.2) is 5.16 Å². The summed E-state index contributed by atoms with van der Waals surface area (Å²) in [5, 5.41) is 0.0565. The number of imide groups is 1. The Balaban J connectivity index is 1.84. The molecule has 1 fully saturated rings. The summed E-state index contributed by atoms with van der Waals surface area (Å²) in [6.07, 6.45) is 1.83. The average molecular weight is 425 g/mol. The minimum atomic E-state index is -0.467. The van der Waals surface area contributed by atoms with Gasteiger partial charge < -0.3 is 0 Å². The quantitative estimate of drug-likeness (QED) is 0.430. The Hall–Kier alpha value is -1.48. The fraction of sp³-hybridized carbons (Fsp3) is 0.200. The van der Waals surface area contributed by atoms with E-state index in [1.54, 1.807) is 18.3 Å². The molecule has 1 aliphatic rings. The molecule has 5 nitrogen and oxygen atoms in total. The number of para-hydroxylation sites is 1. The van der Waals surface area contributed by atoms with Crippen molar-refractivity contribution >= 4 is 51.9 Å². The molecule has 0 aliphatic carbocycles. The molecule has 0 radical (unpaired) electrons. The van der Waals surface area contributed by atoms with Crippen molar-refractivity contribution in [1.29, 1.82) is 0 Å². The largest absolute Gasteiger partial charge is 0.274 e. The van der Waals surface area contributed by atoms with Crippen LogP contribution in [-0.4, -0.2) is 27.0 Å². The van der Waals surface area contributed by atoms with E-state index in [2.05, 4.69) is 32.6 Å². The molecule has 22 heavy (non-hydrogen) atoms. The van der Waals surface area contributed by atoms with Crippen LogP contribution in [-0.2, 0) is 9.59 Å². The zero-order chi connectivity index (χ0) is 15.7. The number of halogens is 1. The predicted molar refractivity (Wildman–Crippen MR) is 92.7 cm³/mol. The first kappa shape index (κ1) is 15.4. The molecule has 2 heterocycles. The van der Waals surface area contributed by atoms with Crippen LogP contribution in [0.2, 0.25) is 0 Å². The number of nitrogens with zero attached hydrogens (tertiary/aromatic N) is 3. The van der Waals surface area contributed by atoms with Crippen molar-refractivity contribution in [3.8, 4) is 0 Å². The first-order valence-electron chi connectivity index (χ1n) is 6.64. The van der Waals surface area contributed by atoms with Gasteiger partial charge in [-0.25, -0.2) is 14.9 Å². The van der Waals surface area contributed by atoms with Gasteiger partial charge in [-0.15, -0.1) is 0 Å². The van der Waals surface area contributed by atoms with Gasteiger partial charge >= 0.3 is 0 Å². The van der Waals surface area contributed by atoms with E-state index in [9.17, 15) is 9.59 Å². The van der Waals surface area contributed by atoms with Crippen LogP contribution in [0.1, 0.15) is 12.1 Å². The molecule has 1 aliphatic heterocycles. The Morgan fingerprint density at radius 2 is 2.05 bits per heavy atom. The molecule has 1 aromatic carbocycles. The number of hydrogen-bond donors (Lipinski definition) is 0. The summed E-state index contributed by atoms with van der Waals surface area (Å²) in [4.78, 5) is 34.5. The van der Waals surface area contributed by atoms with Crippen LogP contribution >= 0.6 is 34.4 Å². The molecular weight excluding hydrogens is 413 g/mol. The lowest BCUT2D eigenvalue weighted by Gasteiger charge is -2.16. The molecule has 2 aromatic rings. The Kier molecular flexibility index (Phi) is 4.44. The van der Waals surface area contributed by atoms with Gasteiger partial charge in [-0.3, -0.25) is 9.59 Å². The monoisotopic (exact) mass is 425 g/mol. The lowest BCUT2D eigenvalue weighted by molar-refractivity contribution is -0.121. The summed E-state index contributed by atoms with van der Waals surface area (Å²) in [5.74, 6) is -0.386. The molecule has 1 aromatic heterocycles. The predicted octanol–water partition coefficient (Wildman–Crippen LogP) is 2.81. The SMILES string of the molecule is Cc1ccnc(S[C@@H]2CC(=O)N(c3ccccc3I)C2=O)n1. The normalized spacial score (nSPS) is 18.1. The van der Waals surface area contributed by atoms with Gasteiger partial charge in [0, 0.05) is 21.9 Å². The van der Waals surface area contributed by atoms with Crippen molar-refractivity contribution < 1.29 is 9.59 Å². The fourth-order valence-electron chi connectivity index (χ4n) is 2.19. The molecule has 0 bridgehead atoms. The molecule has 112 valence electrons. The number of aryl methyl sites for hydroxylation is 1. The Morgan fingerprint density at radius 3 is 2.77 bits per heavy atom. The fourth-order valence-corrected chi connectivity index (χ4v) is 3.83. The number of carbonyl (C=O) groups excluding carboxylic acids is 2. The van der Waals surface area contributed by atoms with Crippen molar-refractivity contribution in [2.24, 2.45) is 0 Å². The summed E-state index contributed by atoms with van der Waals surface area (Å²) in [5.41, 5.74) is 1.48. The van der Waals surface area contributed by atoms with Crippen LogP contribution < -0.4 is 4.90 Å². The number of hydrogen-bond acceptors (Lipinski definition) is 5. The van der Waals surface area contributed by atoms with Gasteiger partial charge in [-0.05, 0) is 47.7 Å². The van der Waals surface area contributed by atoms with Crippen molar-refractivity contribution in [1.82, 2.24) is 9.97 Å². The van der Waals surface area contributed by atoms with E-state index in [1.807, 2.05) is 25.1 Å². The lowest BCUT2D eigenvalue weighted by Crippen LogP contribution is -2.31. The molecule has 7 heteroatoms. The van der Waals surface area contributed by atoms with Crippen LogP contribution in [0, 0.1) is 10.5 Å². The van der Waals surface area contributed by atoms with E-state index in [0.29, 0.717) is 10.8 Å².